The van der Waals surface area contributed by atoms with Crippen LogP contribution < -0.4 is 15.9 Å². The highest BCUT2D eigenvalue weighted by Crippen LogP contribution is 2.37. The maximum atomic E-state index is 12.6. The van der Waals surface area contributed by atoms with E-state index in [0.717, 1.165) is 0 Å². The van der Waals surface area contributed by atoms with Crippen LogP contribution in [0.15, 0.2) is 60.7 Å². The lowest BCUT2D eigenvalue weighted by atomic mass is 10.4. The minimum absolute atomic E-state index is 0. The lowest BCUT2D eigenvalue weighted by molar-refractivity contribution is 0.245. The van der Waals surface area contributed by atoms with Crippen LogP contribution in [0.1, 0.15) is 0 Å². The van der Waals surface area contributed by atoms with E-state index in [1.807, 2.05) is 17.4 Å². The summed E-state index contributed by atoms with van der Waals surface area (Å²) in [7, 11) is -3.10. The normalized spacial score (nSPS) is 10.6. The molecule has 0 aromatic heterocycles. The molecule has 0 saturated carbocycles. The molecule has 0 fully saturated rings. The van der Waals surface area contributed by atoms with Gasteiger partial charge in [0.2, 0.25) is 7.29 Å². The van der Waals surface area contributed by atoms with Crippen LogP contribution in [0.2, 0.25) is 0 Å². The molecule has 90 valence electrons. The maximum Gasteiger partial charge on any atom is 0.226 e. The van der Waals surface area contributed by atoms with Gasteiger partial charge >= 0.3 is 0 Å². The first-order valence-corrected chi connectivity index (χ1v) is 6.61. The zero-order valence-electron chi connectivity index (χ0n) is 9.08. The molecule has 0 radical (unpaired) electrons. The average Bonchev–Trinajstić information content (AvgIpc) is 2.40. The summed E-state index contributed by atoms with van der Waals surface area (Å²) in [6, 6.07) is 17.8. The monoisotopic (exact) mass is 251 g/mol. The molecule has 0 aliphatic heterocycles. The number of nitrogens with one attached hydrogen (secondary N) is 1. The Hall–Kier alpha value is -1.45. The summed E-state index contributed by atoms with van der Waals surface area (Å²) in [6.45, 7) is 0. The van der Waals surface area contributed by atoms with E-state index in [2.05, 4.69) is 0 Å². The Bertz CT molecular complexity index is 458. The first-order chi connectivity index (χ1) is 7.77. The van der Waals surface area contributed by atoms with Crippen LogP contribution >= 0.6 is 7.29 Å². The van der Waals surface area contributed by atoms with Crippen LogP contribution in [0.4, 0.5) is 0 Å². The zero-order chi connectivity index (χ0) is 11.4. The fraction of sp³-hybridized carbons (Fsp3) is 0. The molecule has 2 rings (SSSR count). The molecule has 0 atom stereocenters. The number of benzene rings is 2. The fourth-order valence-electron chi connectivity index (χ4n) is 1.54. The molecule has 0 spiro atoms. The predicted molar refractivity (Wildman–Crippen MR) is 68.3 cm³/mol. The molecule has 0 heterocycles. The second-order valence-electron chi connectivity index (χ2n) is 3.38. The van der Waals surface area contributed by atoms with Crippen molar-refractivity contribution in [2.75, 3.05) is 0 Å². The zero-order valence-corrected chi connectivity index (χ0v) is 9.97. The third-order valence-corrected chi connectivity index (χ3v) is 4.71. The third kappa shape index (κ3) is 2.62. The Balaban J connectivity index is 0.00000144. The third-order valence-electron chi connectivity index (χ3n) is 2.38. The van der Waals surface area contributed by atoms with Gasteiger partial charge in [-0.1, -0.05) is 36.4 Å². The highest BCUT2D eigenvalue weighted by molar-refractivity contribution is 7.76. The van der Waals surface area contributed by atoms with Crippen LogP contribution in [-0.4, -0.2) is 10.7 Å². The molecule has 4 nitrogen and oxygen atoms in total. The SMILES string of the molecule is O.O=P(NO)(c1ccccc1)c1ccccc1. The van der Waals surface area contributed by atoms with Crippen LogP contribution in [0.3, 0.4) is 0 Å². The van der Waals surface area contributed by atoms with Gasteiger partial charge in [-0.15, -0.1) is 5.25 Å². The Morgan fingerprint density at radius 3 is 1.47 bits per heavy atom. The summed E-state index contributed by atoms with van der Waals surface area (Å²) in [5, 5.41) is 12.3. The second kappa shape index (κ2) is 5.75. The molecule has 5 heteroatoms. The Morgan fingerprint density at radius 1 is 0.824 bits per heavy atom. The number of hydrogen-bond acceptors (Lipinski definition) is 2. The van der Waals surface area contributed by atoms with Crippen molar-refractivity contribution in [1.82, 2.24) is 5.25 Å². The van der Waals surface area contributed by atoms with Gasteiger partial charge in [-0.3, -0.25) is 4.57 Å². The van der Waals surface area contributed by atoms with Crippen LogP contribution in [-0.2, 0) is 4.57 Å². The molecular weight excluding hydrogens is 237 g/mol. The second-order valence-corrected chi connectivity index (χ2v) is 5.83. The van der Waals surface area contributed by atoms with Crippen LogP contribution in [0.5, 0.6) is 0 Å². The number of rotatable bonds is 3. The van der Waals surface area contributed by atoms with E-state index in [-0.39, 0.29) is 5.48 Å². The highest BCUT2D eigenvalue weighted by Gasteiger charge is 2.25. The molecule has 0 aliphatic rings. The molecule has 0 unspecified atom stereocenters. The van der Waals surface area contributed by atoms with Crippen molar-refractivity contribution in [3.63, 3.8) is 0 Å². The molecule has 0 bridgehead atoms. The Labute approximate surface area is 99.6 Å². The fourth-order valence-corrected chi connectivity index (χ4v) is 3.25. The summed E-state index contributed by atoms with van der Waals surface area (Å²) in [4.78, 5) is 0. The average molecular weight is 251 g/mol. The molecule has 4 N–H and O–H groups in total. The van der Waals surface area contributed by atoms with E-state index < -0.39 is 7.29 Å². The topological polar surface area (TPSA) is 80.8 Å². The maximum absolute atomic E-state index is 12.6. The van der Waals surface area contributed by atoms with Gasteiger partial charge in [0.05, 0.1) is 0 Å². The summed E-state index contributed by atoms with van der Waals surface area (Å²) in [5.74, 6) is 0. The first-order valence-electron chi connectivity index (χ1n) is 4.90. The van der Waals surface area contributed by atoms with E-state index in [1.54, 1.807) is 48.5 Å². The lowest BCUT2D eigenvalue weighted by Gasteiger charge is -2.16. The van der Waals surface area contributed by atoms with Gasteiger partial charge in [-0.25, -0.2) is 0 Å². The molecule has 0 saturated heterocycles. The largest absolute Gasteiger partial charge is 0.412 e. The quantitative estimate of drug-likeness (QED) is 0.632. The number of hydrogen-bond donors (Lipinski definition) is 2. The van der Waals surface area contributed by atoms with Gasteiger partial charge < -0.3 is 10.7 Å². The van der Waals surface area contributed by atoms with Gasteiger partial charge in [0.1, 0.15) is 0 Å². The summed E-state index contributed by atoms with van der Waals surface area (Å²) in [5.41, 5.74) is 0. The first kappa shape index (κ1) is 13.6. The molecule has 0 aliphatic carbocycles. The van der Waals surface area contributed by atoms with Gasteiger partial charge in [0, 0.05) is 10.6 Å². The van der Waals surface area contributed by atoms with Crippen molar-refractivity contribution >= 4 is 17.9 Å². The minimum Gasteiger partial charge on any atom is -0.412 e. The van der Waals surface area contributed by atoms with Crippen molar-refractivity contribution in [2.24, 2.45) is 0 Å². The van der Waals surface area contributed by atoms with E-state index in [0.29, 0.717) is 10.6 Å². The van der Waals surface area contributed by atoms with Crippen LogP contribution in [0, 0.1) is 0 Å². The summed E-state index contributed by atoms with van der Waals surface area (Å²) >= 11 is 0. The Morgan fingerprint density at radius 2 is 1.18 bits per heavy atom. The Kier molecular flexibility index (Phi) is 4.61. The summed E-state index contributed by atoms with van der Waals surface area (Å²) in [6.07, 6.45) is 0. The standard InChI is InChI=1S/C12H12NO2P.H2O/c14-13-16(15,11-7-3-1-4-8-11)12-9-5-2-6-10-12;/h1-10,14H,(H,13,15);1H2. The smallest absolute Gasteiger partial charge is 0.226 e. The van der Waals surface area contributed by atoms with Crippen LogP contribution in [0.25, 0.3) is 0 Å². The predicted octanol–water partition coefficient (Wildman–Crippen LogP) is 1.07. The molecule has 17 heavy (non-hydrogen) atoms. The molecule has 0 amide bonds. The van der Waals surface area contributed by atoms with E-state index in [1.165, 1.54) is 0 Å². The molecule has 2 aromatic carbocycles. The van der Waals surface area contributed by atoms with Crippen molar-refractivity contribution in [1.29, 1.82) is 0 Å². The van der Waals surface area contributed by atoms with E-state index in [9.17, 15) is 9.77 Å². The van der Waals surface area contributed by atoms with Crippen molar-refractivity contribution in [3.8, 4) is 0 Å². The van der Waals surface area contributed by atoms with Gasteiger partial charge in [-0.05, 0) is 24.3 Å². The van der Waals surface area contributed by atoms with Gasteiger partial charge in [-0.2, -0.15) is 0 Å². The van der Waals surface area contributed by atoms with E-state index in [4.69, 9.17) is 0 Å². The van der Waals surface area contributed by atoms with E-state index >= 15 is 0 Å². The van der Waals surface area contributed by atoms with Gasteiger partial charge in [0.15, 0.2) is 0 Å². The van der Waals surface area contributed by atoms with Crippen molar-refractivity contribution in [2.45, 2.75) is 0 Å². The lowest BCUT2D eigenvalue weighted by Crippen LogP contribution is -2.25. The molecule has 2 aromatic rings. The summed E-state index contributed by atoms with van der Waals surface area (Å²) < 4.78 is 12.6. The minimum atomic E-state index is -3.10. The van der Waals surface area contributed by atoms with Crippen molar-refractivity contribution in [3.05, 3.63) is 60.7 Å². The molecular formula is C12H14NO3P. The van der Waals surface area contributed by atoms with Crippen molar-refractivity contribution < 1.29 is 15.2 Å². The van der Waals surface area contributed by atoms with Gasteiger partial charge in [0.25, 0.3) is 0 Å². The highest BCUT2D eigenvalue weighted by atomic mass is 31.2.